The third kappa shape index (κ3) is 2.88. The van der Waals surface area contributed by atoms with Crippen LogP contribution in [0.3, 0.4) is 0 Å². The Balaban J connectivity index is 1.86. The lowest BCUT2D eigenvalue weighted by molar-refractivity contribution is 0.0746. The summed E-state index contributed by atoms with van der Waals surface area (Å²) < 4.78 is 0. The Hall–Kier alpha value is -2.00. The number of benzene rings is 2. The van der Waals surface area contributed by atoms with Gasteiger partial charge in [0.2, 0.25) is 0 Å². The molecule has 3 nitrogen and oxygen atoms in total. The number of nitrogens with zero attached hydrogens (tertiary/aromatic N) is 1. The van der Waals surface area contributed by atoms with Crippen molar-refractivity contribution < 1.29 is 9.90 Å². The van der Waals surface area contributed by atoms with E-state index in [1.54, 1.807) is 6.07 Å². The van der Waals surface area contributed by atoms with Crippen molar-refractivity contribution in [1.29, 1.82) is 0 Å². The summed E-state index contributed by atoms with van der Waals surface area (Å²) in [7, 11) is 0. The molecule has 21 heavy (non-hydrogen) atoms. The van der Waals surface area contributed by atoms with Crippen LogP contribution in [0.1, 0.15) is 27.9 Å². The molecule has 0 saturated carbocycles. The molecule has 1 amide bonds. The number of rotatable bonds is 1. The highest BCUT2D eigenvalue weighted by Gasteiger charge is 2.20. The molecule has 0 bridgehead atoms. The first kappa shape index (κ1) is 14.0. The van der Waals surface area contributed by atoms with Crippen molar-refractivity contribution in [3.8, 4) is 5.75 Å². The highest BCUT2D eigenvalue weighted by Crippen LogP contribution is 2.25. The Morgan fingerprint density at radius 3 is 2.67 bits per heavy atom. The van der Waals surface area contributed by atoms with Crippen LogP contribution >= 0.6 is 11.6 Å². The second kappa shape index (κ2) is 5.78. The average molecular weight is 302 g/mol. The lowest BCUT2D eigenvalue weighted by atomic mass is 10.0. The molecule has 0 spiro atoms. The molecule has 2 aromatic carbocycles. The lowest BCUT2D eigenvalue weighted by Gasteiger charge is -2.21. The summed E-state index contributed by atoms with van der Waals surface area (Å²) in [5, 5.41) is 9.66. The Kier molecular flexibility index (Phi) is 3.84. The zero-order valence-corrected chi connectivity index (χ0v) is 12.3. The number of phenolic OH excluding ortho intramolecular Hbond substituents is 1. The summed E-state index contributed by atoms with van der Waals surface area (Å²) in [5.74, 6) is -0.0527. The topological polar surface area (TPSA) is 40.5 Å². The molecule has 0 saturated heterocycles. The van der Waals surface area contributed by atoms with Gasteiger partial charge in [-0.15, -0.1) is 0 Å². The van der Waals surface area contributed by atoms with E-state index in [1.807, 2.05) is 17.0 Å². The fourth-order valence-corrected chi connectivity index (χ4v) is 2.88. The maximum atomic E-state index is 12.6. The summed E-state index contributed by atoms with van der Waals surface area (Å²) in [6.45, 7) is 1.35. The fourth-order valence-electron chi connectivity index (χ4n) is 2.70. The van der Waals surface area contributed by atoms with Gasteiger partial charge in [-0.3, -0.25) is 4.79 Å². The van der Waals surface area contributed by atoms with Gasteiger partial charge in [0.25, 0.3) is 5.91 Å². The molecule has 0 fully saturated rings. The standard InChI is InChI=1S/C17H16ClNO2/c18-15-10-13(7-8-16(15)20)17(21)19-9-3-6-12-4-1-2-5-14(12)11-19/h1-2,4-5,7-8,10,20H,3,6,9,11H2. The quantitative estimate of drug-likeness (QED) is 0.873. The van der Waals surface area contributed by atoms with Crippen LogP contribution in [0.25, 0.3) is 0 Å². The Morgan fingerprint density at radius 2 is 1.90 bits per heavy atom. The normalized spacial score (nSPS) is 14.4. The summed E-state index contributed by atoms with van der Waals surface area (Å²) in [4.78, 5) is 14.5. The second-order valence-corrected chi connectivity index (χ2v) is 5.67. The molecule has 4 heteroatoms. The number of carbonyl (C=O) groups is 1. The highest BCUT2D eigenvalue weighted by atomic mass is 35.5. The van der Waals surface area contributed by atoms with Gasteiger partial charge >= 0.3 is 0 Å². The molecule has 0 atom stereocenters. The maximum Gasteiger partial charge on any atom is 0.254 e. The van der Waals surface area contributed by atoms with E-state index in [1.165, 1.54) is 23.3 Å². The van der Waals surface area contributed by atoms with Crippen molar-refractivity contribution in [3.05, 3.63) is 64.2 Å². The van der Waals surface area contributed by atoms with Crippen LogP contribution in [-0.4, -0.2) is 22.5 Å². The van der Waals surface area contributed by atoms with Crippen molar-refractivity contribution in [2.24, 2.45) is 0 Å². The SMILES string of the molecule is O=C(c1ccc(O)c(Cl)c1)N1CCCc2ccccc2C1. The smallest absolute Gasteiger partial charge is 0.254 e. The minimum absolute atomic E-state index is 0.00516. The van der Waals surface area contributed by atoms with Gasteiger partial charge in [0.05, 0.1) is 5.02 Å². The number of halogens is 1. The van der Waals surface area contributed by atoms with E-state index < -0.39 is 0 Å². The third-order valence-corrected chi connectivity index (χ3v) is 4.14. The van der Waals surface area contributed by atoms with Crippen LogP contribution < -0.4 is 0 Å². The second-order valence-electron chi connectivity index (χ2n) is 5.27. The molecule has 1 aliphatic heterocycles. The first-order valence-corrected chi connectivity index (χ1v) is 7.37. The van der Waals surface area contributed by atoms with Crippen LogP contribution in [0, 0.1) is 0 Å². The van der Waals surface area contributed by atoms with Crippen molar-refractivity contribution in [3.63, 3.8) is 0 Å². The molecule has 1 aliphatic rings. The summed E-state index contributed by atoms with van der Waals surface area (Å²) in [5.41, 5.74) is 3.03. The monoisotopic (exact) mass is 301 g/mol. The van der Waals surface area contributed by atoms with Crippen LogP contribution in [0.4, 0.5) is 0 Å². The molecule has 0 unspecified atom stereocenters. The van der Waals surface area contributed by atoms with Gasteiger partial charge in [0, 0.05) is 18.7 Å². The van der Waals surface area contributed by atoms with Crippen molar-refractivity contribution in [1.82, 2.24) is 4.90 Å². The van der Waals surface area contributed by atoms with Gasteiger partial charge in [0.1, 0.15) is 5.75 Å². The average Bonchev–Trinajstić information content (AvgIpc) is 2.71. The largest absolute Gasteiger partial charge is 0.506 e. The number of hydrogen-bond acceptors (Lipinski definition) is 2. The van der Waals surface area contributed by atoms with E-state index in [0.717, 1.165) is 19.4 Å². The number of amides is 1. The van der Waals surface area contributed by atoms with Crippen LogP contribution in [-0.2, 0) is 13.0 Å². The highest BCUT2D eigenvalue weighted by molar-refractivity contribution is 6.32. The van der Waals surface area contributed by atoms with Gasteiger partial charge in [-0.1, -0.05) is 35.9 Å². The molecule has 1 heterocycles. The molecule has 1 N–H and O–H groups in total. The number of aromatic hydroxyl groups is 1. The molecule has 2 aromatic rings. The molecule has 0 aliphatic carbocycles. The Bertz CT molecular complexity index is 684. The number of aryl methyl sites for hydroxylation is 1. The molecular formula is C17H16ClNO2. The molecule has 0 aromatic heterocycles. The number of carbonyl (C=O) groups excluding carboxylic acids is 1. The van der Waals surface area contributed by atoms with Gasteiger partial charge in [-0.25, -0.2) is 0 Å². The fraction of sp³-hybridized carbons (Fsp3) is 0.235. The van der Waals surface area contributed by atoms with Crippen LogP contribution in [0.2, 0.25) is 5.02 Å². The first-order chi connectivity index (χ1) is 10.1. The lowest BCUT2D eigenvalue weighted by Crippen LogP contribution is -2.30. The molecule has 0 radical (unpaired) electrons. The van der Waals surface area contributed by atoms with Crippen molar-refractivity contribution in [2.45, 2.75) is 19.4 Å². The van der Waals surface area contributed by atoms with E-state index >= 15 is 0 Å². The van der Waals surface area contributed by atoms with Gasteiger partial charge in [0.15, 0.2) is 0 Å². The predicted octanol–water partition coefficient (Wildman–Crippen LogP) is 3.63. The summed E-state index contributed by atoms with van der Waals surface area (Å²) >= 11 is 5.89. The minimum Gasteiger partial charge on any atom is -0.506 e. The van der Waals surface area contributed by atoms with E-state index in [4.69, 9.17) is 11.6 Å². The Morgan fingerprint density at radius 1 is 1.14 bits per heavy atom. The van der Waals surface area contributed by atoms with E-state index in [-0.39, 0.29) is 16.7 Å². The van der Waals surface area contributed by atoms with Crippen molar-refractivity contribution in [2.75, 3.05) is 6.54 Å². The van der Waals surface area contributed by atoms with Crippen molar-refractivity contribution >= 4 is 17.5 Å². The zero-order chi connectivity index (χ0) is 14.8. The Labute approximate surface area is 128 Å². The van der Waals surface area contributed by atoms with Gasteiger partial charge in [-0.05, 0) is 42.2 Å². The zero-order valence-electron chi connectivity index (χ0n) is 11.6. The number of hydrogen-bond donors (Lipinski definition) is 1. The van der Waals surface area contributed by atoms with E-state index in [0.29, 0.717) is 12.1 Å². The first-order valence-electron chi connectivity index (χ1n) is 7.00. The summed E-state index contributed by atoms with van der Waals surface area (Å²) in [6, 6.07) is 12.8. The third-order valence-electron chi connectivity index (χ3n) is 3.84. The molecular weight excluding hydrogens is 286 g/mol. The van der Waals surface area contributed by atoms with Gasteiger partial charge < -0.3 is 10.0 Å². The number of phenols is 1. The van der Waals surface area contributed by atoms with E-state index in [2.05, 4.69) is 12.1 Å². The predicted molar refractivity (Wildman–Crippen MR) is 82.6 cm³/mol. The van der Waals surface area contributed by atoms with Crippen LogP contribution in [0.5, 0.6) is 5.75 Å². The minimum atomic E-state index is -0.0476. The summed E-state index contributed by atoms with van der Waals surface area (Å²) in [6.07, 6.45) is 1.95. The molecule has 108 valence electrons. The van der Waals surface area contributed by atoms with E-state index in [9.17, 15) is 9.90 Å². The van der Waals surface area contributed by atoms with Crippen LogP contribution in [0.15, 0.2) is 42.5 Å². The number of fused-ring (bicyclic) bond motifs is 1. The maximum absolute atomic E-state index is 12.6. The van der Waals surface area contributed by atoms with Gasteiger partial charge in [-0.2, -0.15) is 0 Å². The molecule has 3 rings (SSSR count).